The third-order valence-electron chi connectivity index (χ3n) is 3.28. The summed E-state index contributed by atoms with van der Waals surface area (Å²) in [6.45, 7) is 10.6. The maximum atomic E-state index is 5.47. The van der Waals surface area contributed by atoms with Crippen molar-refractivity contribution >= 4 is 11.3 Å². The summed E-state index contributed by atoms with van der Waals surface area (Å²) < 4.78 is 5.47. The molecule has 0 radical (unpaired) electrons. The topological polar surface area (TPSA) is 34.1 Å². The second kappa shape index (κ2) is 6.58. The molecule has 0 amide bonds. The molecule has 0 aliphatic rings. The zero-order chi connectivity index (χ0) is 15.5. The first-order valence-electron chi connectivity index (χ1n) is 7.31. The molecule has 0 saturated carbocycles. The van der Waals surface area contributed by atoms with E-state index < -0.39 is 0 Å². The van der Waals surface area contributed by atoms with Crippen LogP contribution < -0.4 is 10.1 Å². The molecule has 1 N–H and O–H groups in total. The van der Waals surface area contributed by atoms with E-state index >= 15 is 0 Å². The van der Waals surface area contributed by atoms with Gasteiger partial charge in [-0.25, -0.2) is 4.98 Å². The third-order valence-corrected chi connectivity index (χ3v) is 4.37. The van der Waals surface area contributed by atoms with Crippen molar-refractivity contribution in [3.05, 3.63) is 34.8 Å². The van der Waals surface area contributed by atoms with E-state index in [1.165, 1.54) is 10.6 Å². The van der Waals surface area contributed by atoms with Crippen molar-refractivity contribution < 1.29 is 4.74 Å². The van der Waals surface area contributed by atoms with Crippen LogP contribution in [0.5, 0.6) is 5.75 Å². The molecule has 0 aliphatic carbocycles. The molecule has 0 fully saturated rings. The number of benzene rings is 1. The Hall–Kier alpha value is -1.39. The van der Waals surface area contributed by atoms with Gasteiger partial charge in [0.05, 0.1) is 18.4 Å². The molecule has 21 heavy (non-hydrogen) atoms. The minimum Gasteiger partial charge on any atom is -0.496 e. The first-order valence-corrected chi connectivity index (χ1v) is 8.13. The van der Waals surface area contributed by atoms with Crippen LogP contribution in [0.25, 0.3) is 10.6 Å². The van der Waals surface area contributed by atoms with Crippen LogP contribution in [0.1, 0.15) is 38.3 Å². The van der Waals surface area contributed by atoms with Crippen LogP contribution in [0.15, 0.2) is 24.3 Å². The van der Waals surface area contributed by atoms with Crippen molar-refractivity contribution in [1.29, 1.82) is 0 Å². The largest absolute Gasteiger partial charge is 0.496 e. The molecule has 114 valence electrons. The van der Waals surface area contributed by atoms with E-state index in [1.807, 2.05) is 18.2 Å². The lowest BCUT2D eigenvalue weighted by atomic mass is 9.91. The van der Waals surface area contributed by atoms with E-state index in [2.05, 4.69) is 39.1 Å². The number of rotatable bonds is 5. The van der Waals surface area contributed by atoms with E-state index in [9.17, 15) is 0 Å². The summed E-state index contributed by atoms with van der Waals surface area (Å²) >= 11 is 1.76. The second-order valence-electron chi connectivity index (χ2n) is 6.02. The van der Waals surface area contributed by atoms with E-state index in [1.54, 1.807) is 18.4 Å². The number of hydrogen-bond acceptors (Lipinski definition) is 4. The minimum atomic E-state index is 0.0432. The summed E-state index contributed by atoms with van der Waals surface area (Å²) in [4.78, 5) is 6.22. The smallest absolute Gasteiger partial charge is 0.129 e. The average Bonchev–Trinajstić information content (AvgIpc) is 2.89. The van der Waals surface area contributed by atoms with Crippen LogP contribution >= 0.6 is 11.3 Å². The highest BCUT2D eigenvalue weighted by atomic mass is 32.1. The lowest BCUT2D eigenvalue weighted by Gasteiger charge is -2.17. The molecule has 0 atom stereocenters. The van der Waals surface area contributed by atoms with Gasteiger partial charge in [0.1, 0.15) is 10.8 Å². The Bertz CT molecular complexity index is 599. The molecular formula is C17H24N2OS. The standard InChI is InChI=1S/C17H24N2OS/c1-6-18-11-14-15(17(2,3)4)19-16(21-14)12-9-7-8-10-13(12)20-5/h7-10,18H,6,11H2,1-5H3. The molecule has 1 heterocycles. The molecule has 3 nitrogen and oxygen atoms in total. The van der Waals surface area contributed by atoms with Crippen LogP contribution in [0.2, 0.25) is 0 Å². The van der Waals surface area contributed by atoms with Gasteiger partial charge in [-0.3, -0.25) is 0 Å². The van der Waals surface area contributed by atoms with Crippen molar-refractivity contribution in [2.75, 3.05) is 13.7 Å². The zero-order valence-corrected chi connectivity index (χ0v) is 14.3. The van der Waals surface area contributed by atoms with Gasteiger partial charge in [-0.2, -0.15) is 0 Å². The Balaban J connectivity index is 2.48. The van der Waals surface area contributed by atoms with Crippen molar-refractivity contribution in [3.63, 3.8) is 0 Å². The van der Waals surface area contributed by atoms with E-state index in [-0.39, 0.29) is 5.41 Å². The quantitative estimate of drug-likeness (QED) is 0.898. The van der Waals surface area contributed by atoms with Crippen molar-refractivity contribution in [1.82, 2.24) is 10.3 Å². The maximum absolute atomic E-state index is 5.47. The first kappa shape index (κ1) is 16.0. The highest BCUT2D eigenvalue weighted by molar-refractivity contribution is 7.15. The van der Waals surface area contributed by atoms with Crippen LogP contribution in [0.3, 0.4) is 0 Å². The minimum absolute atomic E-state index is 0.0432. The number of aromatic nitrogens is 1. The number of hydrogen-bond donors (Lipinski definition) is 1. The fourth-order valence-corrected chi connectivity index (χ4v) is 3.50. The molecule has 0 unspecified atom stereocenters. The molecule has 0 aliphatic heterocycles. The first-order chi connectivity index (χ1) is 9.97. The van der Waals surface area contributed by atoms with Gasteiger partial charge in [0, 0.05) is 16.8 Å². The van der Waals surface area contributed by atoms with Gasteiger partial charge < -0.3 is 10.1 Å². The van der Waals surface area contributed by atoms with E-state index in [0.717, 1.165) is 29.4 Å². The predicted molar refractivity (Wildman–Crippen MR) is 90.2 cm³/mol. The Kier molecular flexibility index (Phi) is 5.01. The summed E-state index contributed by atoms with van der Waals surface area (Å²) in [5, 5.41) is 4.44. The van der Waals surface area contributed by atoms with Gasteiger partial charge in [-0.15, -0.1) is 11.3 Å². The number of ether oxygens (including phenoxy) is 1. The maximum Gasteiger partial charge on any atom is 0.129 e. The molecule has 1 aromatic heterocycles. The molecule has 4 heteroatoms. The van der Waals surface area contributed by atoms with Crippen LogP contribution in [0, 0.1) is 0 Å². The van der Waals surface area contributed by atoms with E-state index in [4.69, 9.17) is 9.72 Å². The molecule has 2 rings (SSSR count). The zero-order valence-electron chi connectivity index (χ0n) is 13.5. The molecule has 0 spiro atoms. The van der Waals surface area contributed by atoms with Gasteiger partial charge in [0.15, 0.2) is 0 Å². The summed E-state index contributed by atoms with van der Waals surface area (Å²) in [7, 11) is 1.71. The van der Waals surface area contributed by atoms with Gasteiger partial charge in [0.25, 0.3) is 0 Å². The third kappa shape index (κ3) is 3.63. The highest BCUT2D eigenvalue weighted by Gasteiger charge is 2.24. The fraction of sp³-hybridized carbons (Fsp3) is 0.471. The Morgan fingerprint density at radius 1 is 1.24 bits per heavy atom. The van der Waals surface area contributed by atoms with Gasteiger partial charge in [-0.1, -0.05) is 39.8 Å². The number of methoxy groups -OCH3 is 1. The SMILES string of the molecule is CCNCc1sc(-c2ccccc2OC)nc1C(C)(C)C. The Morgan fingerprint density at radius 3 is 2.57 bits per heavy atom. The van der Waals surface area contributed by atoms with Gasteiger partial charge >= 0.3 is 0 Å². The lowest BCUT2D eigenvalue weighted by Crippen LogP contribution is -2.18. The summed E-state index contributed by atoms with van der Waals surface area (Å²) in [6.07, 6.45) is 0. The van der Waals surface area contributed by atoms with Gasteiger partial charge in [-0.05, 0) is 18.7 Å². The predicted octanol–water partition coefficient (Wildman–Crippen LogP) is 4.23. The fourth-order valence-electron chi connectivity index (χ4n) is 2.23. The number of nitrogens with one attached hydrogen (secondary N) is 1. The van der Waals surface area contributed by atoms with Crippen molar-refractivity contribution in [3.8, 4) is 16.3 Å². The number of para-hydroxylation sites is 1. The molecule has 2 aromatic rings. The van der Waals surface area contributed by atoms with E-state index in [0.29, 0.717) is 0 Å². The van der Waals surface area contributed by atoms with Crippen molar-refractivity contribution in [2.24, 2.45) is 0 Å². The van der Waals surface area contributed by atoms with Crippen LogP contribution in [0.4, 0.5) is 0 Å². The summed E-state index contributed by atoms with van der Waals surface area (Å²) in [5.74, 6) is 0.877. The Labute approximate surface area is 131 Å². The monoisotopic (exact) mass is 304 g/mol. The van der Waals surface area contributed by atoms with Crippen LogP contribution in [-0.2, 0) is 12.0 Å². The molecule has 0 bridgehead atoms. The number of nitrogens with zero attached hydrogens (tertiary/aromatic N) is 1. The molecular weight excluding hydrogens is 280 g/mol. The second-order valence-corrected chi connectivity index (χ2v) is 7.11. The van der Waals surface area contributed by atoms with Gasteiger partial charge in [0.2, 0.25) is 0 Å². The lowest BCUT2D eigenvalue weighted by molar-refractivity contribution is 0.416. The normalized spacial score (nSPS) is 11.7. The summed E-state index contributed by atoms with van der Waals surface area (Å²) in [5.41, 5.74) is 2.29. The molecule has 0 saturated heterocycles. The highest BCUT2D eigenvalue weighted by Crippen LogP contribution is 2.37. The van der Waals surface area contributed by atoms with Crippen molar-refractivity contribution in [2.45, 2.75) is 39.7 Å². The molecule has 1 aromatic carbocycles. The Morgan fingerprint density at radius 2 is 1.95 bits per heavy atom. The van der Waals surface area contributed by atoms with Crippen LogP contribution in [-0.4, -0.2) is 18.6 Å². The number of thiazole rings is 1. The average molecular weight is 304 g/mol. The summed E-state index contributed by atoms with van der Waals surface area (Å²) in [6, 6.07) is 8.07.